The lowest BCUT2D eigenvalue weighted by Gasteiger charge is -2.06. The third-order valence-corrected chi connectivity index (χ3v) is 3.88. The summed E-state index contributed by atoms with van der Waals surface area (Å²) >= 11 is 5.99. The lowest BCUT2D eigenvalue weighted by molar-refractivity contribution is 1.12. The second kappa shape index (κ2) is 4.46. The Morgan fingerprint density at radius 2 is 1.81 bits per heavy atom. The summed E-state index contributed by atoms with van der Waals surface area (Å²) in [6.45, 7) is 0. The Morgan fingerprint density at radius 3 is 2.67 bits per heavy atom. The molecular formula is C16H11ClN4. The zero-order valence-corrected chi connectivity index (χ0v) is 11.7. The van der Waals surface area contributed by atoms with Crippen LogP contribution < -0.4 is 5.73 Å². The molecule has 2 aromatic carbocycles. The van der Waals surface area contributed by atoms with Gasteiger partial charge in [0.05, 0.1) is 16.2 Å². The van der Waals surface area contributed by atoms with Crippen LogP contribution in [0.25, 0.3) is 27.9 Å². The van der Waals surface area contributed by atoms with Crippen molar-refractivity contribution in [3.63, 3.8) is 0 Å². The molecule has 0 aliphatic carbocycles. The molecule has 0 spiro atoms. The van der Waals surface area contributed by atoms with Gasteiger partial charge in [0.15, 0.2) is 11.5 Å². The number of pyridine rings is 1. The van der Waals surface area contributed by atoms with Crippen LogP contribution in [0.15, 0.2) is 54.6 Å². The van der Waals surface area contributed by atoms with Gasteiger partial charge in [-0.2, -0.15) is 0 Å². The van der Waals surface area contributed by atoms with Crippen LogP contribution in [0.5, 0.6) is 0 Å². The summed E-state index contributed by atoms with van der Waals surface area (Å²) in [6.07, 6.45) is 0. The molecule has 0 bridgehead atoms. The van der Waals surface area contributed by atoms with Crippen LogP contribution in [-0.4, -0.2) is 14.6 Å². The molecule has 0 saturated carbocycles. The molecule has 4 nitrogen and oxygen atoms in total. The van der Waals surface area contributed by atoms with Crippen molar-refractivity contribution in [3.05, 3.63) is 59.6 Å². The Morgan fingerprint density at radius 1 is 0.952 bits per heavy atom. The third-order valence-electron chi connectivity index (χ3n) is 3.53. The summed E-state index contributed by atoms with van der Waals surface area (Å²) in [7, 11) is 0. The average Bonchev–Trinajstić information content (AvgIpc) is 2.94. The molecule has 0 aliphatic rings. The van der Waals surface area contributed by atoms with E-state index in [-0.39, 0.29) is 0 Å². The van der Waals surface area contributed by atoms with E-state index in [0.29, 0.717) is 10.7 Å². The smallest absolute Gasteiger partial charge is 0.168 e. The van der Waals surface area contributed by atoms with Gasteiger partial charge in [0, 0.05) is 5.56 Å². The molecular weight excluding hydrogens is 284 g/mol. The minimum atomic E-state index is 0.533. The number of benzene rings is 2. The van der Waals surface area contributed by atoms with Gasteiger partial charge in [-0.3, -0.25) is 4.40 Å². The van der Waals surface area contributed by atoms with Crippen molar-refractivity contribution in [3.8, 4) is 11.4 Å². The summed E-state index contributed by atoms with van der Waals surface area (Å²) in [5.41, 5.74) is 9.18. The van der Waals surface area contributed by atoms with Gasteiger partial charge < -0.3 is 5.73 Å². The van der Waals surface area contributed by atoms with Crippen LogP contribution in [0.1, 0.15) is 0 Å². The molecule has 2 heterocycles. The largest absolute Gasteiger partial charge is 0.398 e. The minimum absolute atomic E-state index is 0.533. The molecule has 0 saturated heterocycles. The van der Waals surface area contributed by atoms with E-state index < -0.39 is 0 Å². The first-order valence-electron chi connectivity index (χ1n) is 6.52. The molecule has 0 fully saturated rings. The van der Waals surface area contributed by atoms with Gasteiger partial charge in [0.1, 0.15) is 0 Å². The molecule has 2 N–H and O–H groups in total. The molecule has 102 valence electrons. The number of halogens is 1. The van der Waals surface area contributed by atoms with Crippen molar-refractivity contribution in [1.29, 1.82) is 0 Å². The topological polar surface area (TPSA) is 56.2 Å². The quantitative estimate of drug-likeness (QED) is 0.543. The average molecular weight is 295 g/mol. The maximum Gasteiger partial charge on any atom is 0.168 e. The van der Waals surface area contributed by atoms with Crippen molar-refractivity contribution in [2.24, 2.45) is 0 Å². The number of aromatic nitrogens is 3. The predicted molar refractivity (Wildman–Crippen MR) is 85.4 cm³/mol. The molecule has 21 heavy (non-hydrogen) atoms. The molecule has 4 rings (SSSR count). The molecule has 2 aromatic heterocycles. The Balaban J connectivity index is 2.09. The van der Waals surface area contributed by atoms with Gasteiger partial charge in [0.2, 0.25) is 0 Å². The normalized spacial score (nSPS) is 11.3. The second-order valence-electron chi connectivity index (χ2n) is 4.85. The third kappa shape index (κ3) is 1.84. The first-order chi connectivity index (χ1) is 10.2. The summed E-state index contributed by atoms with van der Waals surface area (Å²) in [5.74, 6) is 0.755. The van der Waals surface area contributed by atoms with Crippen LogP contribution in [0.3, 0.4) is 0 Å². The number of hydrogen-bond acceptors (Lipinski definition) is 3. The lowest BCUT2D eigenvalue weighted by Crippen LogP contribution is -1.93. The highest BCUT2D eigenvalue weighted by Crippen LogP contribution is 2.28. The fourth-order valence-corrected chi connectivity index (χ4v) is 2.63. The number of rotatable bonds is 1. The first-order valence-corrected chi connectivity index (χ1v) is 6.90. The summed E-state index contributed by atoms with van der Waals surface area (Å²) in [5, 5.41) is 10.2. The number of para-hydroxylation sites is 1. The van der Waals surface area contributed by atoms with E-state index in [2.05, 4.69) is 22.3 Å². The van der Waals surface area contributed by atoms with Crippen LogP contribution in [0, 0.1) is 0 Å². The lowest BCUT2D eigenvalue weighted by atomic mass is 10.1. The van der Waals surface area contributed by atoms with Crippen molar-refractivity contribution in [2.45, 2.75) is 0 Å². The van der Waals surface area contributed by atoms with Crippen LogP contribution in [0.2, 0.25) is 5.02 Å². The van der Waals surface area contributed by atoms with Crippen molar-refractivity contribution >= 4 is 33.8 Å². The number of hydrogen-bond donors (Lipinski definition) is 1. The van der Waals surface area contributed by atoms with Gasteiger partial charge in [-0.05, 0) is 41.8 Å². The molecule has 0 amide bonds. The van der Waals surface area contributed by atoms with E-state index in [9.17, 15) is 0 Å². The molecule has 0 atom stereocenters. The number of nitrogens with two attached hydrogens (primary N) is 1. The number of nitrogen functional groups attached to an aromatic ring is 1. The van der Waals surface area contributed by atoms with Crippen LogP contribution in [0.4, 0.5) is 5.69 Å². The van der Waals surface area contributed by atoms with Gasteiger partial charge in [-0.1, -0.05) is 29.8 Å². The van der Waals surface area contributed by atoms with Crippen molar-refractivity contribution < 1.29 is 0 Å². The van der Waals surface area contributed by atoms with Crippen molar-refractivity contribution in [2.75, 3.05) is 5.73 Å². The Hall–Kier alpha value is -2.59. The van der Waals surface area contributed by atoms with E-state index in [1.807, 2.05) is 40.8 Å². The van der Waals surface area contributed by atoms with Gasteiger partial charge in [0.25, 0.3) is 0 Å². The zero-order valence-electron chi connectivity index (χ0n) is 11.0. The van der Waals surface area contributed by atoms with Gasteiger partial charge in [-0.25, -0.2) is 0 Å². The van der Waals surface area contributed by atoms with E-state index in [1.54, 1.807) is 6.07 Å². The number of anilines is 1. The van der Waals surface area contributed by atoms with E-state index in [0.717, 1.165) is 27.9 Å². The first kappa shape index (κ1) is 12.2. The highest BCUT2D eigenvalue weighted by molar-refractivity contribution is 6.33. The maximum absolute atomic E-state index is 5.99. The van der Waals surface area contributed by atoms with Crippen molar-refractivity contribution in [1.82, 2.24) is 14.6 Å². The highest BCUT2D eigenvalue weighted by atomic mass is 35.5. The predicted octanol–water partition coefficient (Wildman–Crippen LogP) is 3.79. The summed E-state index contributed by atoms with van der Waals surface area (Å²) < 4.78 is 2.03. The molecule has 0 unspecified atom stereocenters. The van der Waals surface area contributed by atoms with Crippen LogP contribution >= 0.6 is 11.6 Å². The fraction of sp³-hybridized carbons (Fsp3) is 0. The fourth-order valence-electron chi connectivity index (χ4n) is 2.51. The molecule has 4 aromatic rings. The monoisotopic (exact) mass is 294 g/mol. The Labute approximate surface area is 125 Å². The van der Waals surface area contributed by atoms with E-state index in [4.69, 9.17) is 17.3 Å². The van der Waals surface area contributed by atoms with Gasteiger partial charge >= 0.3 is 0 Å². The molecule has 0 radical (unpaired) electrons. The second-order valence-corrected chi connectivity index (χ2v) is 5.25. The Bertz CT molecular complexity index is 975. The minimum Gasteiger partial charge on any atom is -0.398 e. The summed E-state index contributed by atoms with van der Waals surface area (Å²) in [6, 6.07) is 17.6. The van der Waals surface area contributed by atoms with E-state index in [1.165, 1.54) is 0 Å². The highest BCUT2D eigenvalue weighted by Gasteiger charge is 2.11. The van der Waals surface area contributed by atoms with Gasteiger partial charge in [-0.15, -0.1) is 10.2 Å². The molecule has 0 aliphatic heterocycles. The molecule has 5 heteroatoms. The maximum atomic E-state index is 5.99. The zero-order chi connectivity index (χ0) is 14.4. The standard InChI is InChI=1S/C16H11ClN4/c17-12-7-5-11(9-13(12)18)16-20-19-15-8-6-10-3-1-2-4-14(10)21(15)16/h1-9H,18H2. The van der Waals surface area contributed by atoms with E-state index >= 15 is 0 Å². The van der Waals surface area contributed by atoms with Crippen LogP contribution in [-0.2, 0) is 0 Å². The number of fused-ring (bicyclic) bond motifs is 3. The Kier molecular flexibility index (Phi) is 2.59. The SMILES string of the molecule is Nc1cc(-c2nnc3ccc4ccccc4n23)ccc1Cl. The number of nitrogens with zero attached hydrogens (tertiary/aromatic N) is 3. The summed E-state index contributed by atoms with van der Waals surface area (Å²) in [4.78, 5) is 0.